The third kappa shape index (κ3) is 4.19. The molecule has 3 aromatic carbocycles. The molecule has 0 aliphatic rings. The van der Waals surface area contributed by atoms with Crippen LogP contribution in [0, 0.1) is 0 Å². The number of oxazole rings is 1. The van der Waals surface area contributed by atoms with E-state index in [4.69, 9.17) is 8.84 Å². The van der Waals surface area contributed by atoms with Crippen LogP contribution in [0.3, 0.4) is 0 Å². The van der Waals surface area contributed by atoms with Crippen molar-refractivity contribution < 1.29 is 13.9 Å². The lowest BCUT2D eigenvalue weighted by Gasteiger charge is -2.42. The summed E-state index contributed by atoms with van der Waals surface area (Å²) in [7, 11) is -2.71. The van der Waals surface area contributed by atoms with E-state index in [1.165, 1.54) is 10.4 Å². The van der Waals surface area contributed by atoms with Crippen LogP contribution >= 0.6 is 0 Å². The minimum atomic E-state index is -2.71. The van der Waals surface area contributed by atoms with Gasteiger partial charge in [-0.3, -0.25) is 0 Å². The third-order valence-corrected chi connectivity index (χ3v) is 10.8. The van der Waals surface area contributed by atoms with Gasteiger partial charge >= 0.3 is 0 Å². The Morgan fingerprint density at radius 3 is 1.78 bits per heavy atom. The summed E-state index contributed by atoms with van der Waals surface area (Å²) >= 11 is 0. The highest BCUT2D eigenvalue weighted by molar-refractivity contribution is 6.99. The summed E-state index contributed by atoms with van der Waals surface area (Å²) in [6.07, 6.45) is 0. The standard InChI is InChI=1S/C27H29NO3Si/c1-27(2,3)32(22-15-9-5-10-16-22,23-17-11-6-12-18-23)30-20-25-24(19-29)28-26(31-25)21-13-7-4-8-14-21/h4-18,29H,19-20H2,1-3H3. The highest BCUT2D eigenvalue weighted by Crippen LogP contribution is 2.37. The molecule has 0 saturated heterocycles. The molecule has 4 nitrogen and oxygen atoms in total. The van der Waals surface area contributed by atoms with Crippen molar-refractivity contribution in [3.05, 3.63) is 102 Å². The number of benzene rings is 3. The second kappa shape index (κ2) is 9.24. The molecule has 0 aliphatic heterocycles. The molecule has 0 aliphatic carbocycles. The first-order chi connectivity index (χ1) is 15.5. The molecule has 0 amide bonds. The van der Waals surface area contributed by atoms with Crippen molar-refractivity contribution in [2.45, 2.75) is 39.0 Å². The fourth-order valence-corrected chi connectivity index (χ4v) is 8.76. The summed E-state index contributed by atoms with van der Waals surface area (Å²) in [5.41, 5.74) is 1.39. The number of hydrogen-bond acceptors (Lipinski definition) is 4. The maximum Gasteiger partial charge on any atom is 0.261 e. The number of aliphatic hydroxyl groups is 1. The van der Waals surface area contributed by atoms with Crippen LogP contribution in [0.15, 0.2) is 95.4 Å². The van der Waals surface area contributed by atoms with E-state index in [0.717, 1.165) is 5.56 Å². The lowest BCUT2D eigenvalue weighted by atomic mass is 10.2. The van der Waals surface area contributed by atoms with E-state index in [0.29, 0.717) is 17.3 Å². The number of nitrogens with zero attached hydrogens (tertiary/aromatic N) is 1. The smallest absolute Gasteiger partial charge is 0.261 e. The van der Waals surface area contributed by atoms with Crippen molar-refractivity contribution in [1.29, 1.82) is 0 Å². The SMILES string of the molecule is CC(C)(C)[Si](OCc1oc(-c2ccccc2)nc1CO)(c1ccccc1)c1ccccc1. The Bertz CT molecular complexity index is 1100. The predicted octanol–water partition coefficient (Wildman–Crippen LogP) is 4.91. The van der Waals surface area contributed by atoms with Crippen LogP contribution in [0.4, 0.5) is 0 Å². The lowest BCUT2D eigenvalue weighted by Crippen LogP contribution is -2.66. The summed E-state index contributed by atoms with van der Waals surface area (Å²) in [5.74, 6) is 1.06. The van der Waals surface area contributed by atoms with Crippen LogP contribution < -0.4 is 10.4 Å². The first-order valence-electron chi connectivity index (χ1n) is 10.9. The van der Waals surface area contributed by atoms with Crippen LogP contribution in [-0.2, 0) is 17.6 Å². The molecule has 32 heavy (non-hydrogen) atoms. The van der Waals surface area contributed by atoms with Gasteiger partial charge in [0.15, 0.2) is 5.76 Å². The van der Waals surface area contributed by atoms with Crippen LogP contribution in [0.2, 0.25) is 5.04 Å². The van der Waals surface area contributed by atoms with E-state index in [9.17, 15) is 5.11 Å². The Labute approximate surface area is 190 Å². The molecule has 0 fully saturated rings. The largest absolute Gasteiger partial charge is 0.438 e. The number of aliphatic hydroxyl groups excluding tert-OH is 1. The molecule has 0 atom stereocenters. The molecule has 0 bridgehead atoms. The van der Waals surface area contributed by atoms with Gasteiger partial charge in [-0.2, -0.15) is 0 Å². The summed E-state index contributed by atoms with van der Waals surface area (Å²) in [6.45, 7) is 6.75. The van der Waals surface area contributed by atoms with Crippen molar-refractivity contribution in [2.75, 3.05) is 0 Å². The maximum atomic E-state index is 9.94. The van der Waals surface area contributed by atoms with E-state index in [1.807, 2.05) is 42.5 Å². The topological polar surface area (TPSA) is 55.5 Å². The molecular weight excluding hydrogens is 414 g/mol. The normalized spacial score (nSPS) is 12.1. The highest BCUT2D eigenvalue weighted by Gasteiger charge is 2.50. The predicted molar refractivity (Wildman–Crippen MR) is 130 cm³/mol. The Kier molecular flexibility index (Phi) is 6.42. The number of rotatable bonds is 7. The molecule has 1 aromatic heterocycles. The Morgan fingerprint density at radius 2 is 1.31 bits per heavy atom. The molecule has 0 spiro atoms. The van der Waals surface area contributed by atoms with Crippen LogP contribution in [-0.4, -0.2) is 18.4 Å². The molecule has 1 N–H and O–H groups in total. The van der Waals surface area contributed by atoms with E-state index < -0.39 is 8.32 Å². The highest BCUT2D eigenvalue weighted by atomic mass is 28.4. The van der Waals surface area contributed by atoms with E-state index >= 15 is 0 Å². The van der Waals surface area contributed by atoms with Crippen molar-refractivity contribution >= 4 is 18.7 Å². The zero-order valence-corrected chi connectivity index (χ0v) is 19.8. The molecule has 1 heterocycles. The molecule has 4 rings (SSSR count). The zero-order valence-electron chi connectivity index (χ0n) is 18.8. The molecule has 0 radical (unpaired) electrons. The van der Waals surface area contributed by atoms with Crippen molar-refractivity contribution in [3.8, 4) is 11.5 Å². The van der Waals surface area contributed by atoms with Crippen molar-refractivity contribution in [1.82, 2.24) is 4.98 Å². The van der Waals surface area contributed by atoms with Crippen LogP contribution in [0.25, 0.3) is 11.5 Å². The van der Waals surface area contributed by atoms with Gasteiger partial charge in [-0.1, -0.05) is 99.6 Å². The Balaban J connectivity index is 1.77. The maximum absolute atomic E-state index is 9.94. The van der Waals surface area contributed by atoms with Gasteiger partial charge in [-0.25, -0.2) is 4.98 Å². The van der Waals surface area contributed by atoms with Gasteiger partial charge in [0.1, 0.15) is 5.69 Å². The molecule has 5 heteroatoms. The monoisotopic (exact) mass is 443 g/mol. The van der Waals surface area contributed by atoms with Gasteiger partial charge in [-0.05, 0) is 27.5 Å². The average molecular weight is 444 g/mol. The summed E-state index contributed by atoms with van der Waals surface area (Å²) in [4.78, 5) is 4.53. The third-order valence-electron chi connectivity index (χ3n) is 5.79. The van der Waals surface area contributed by atoms with Crippen LogP contribution in [0.1, 0.15) is 32.2 Å². The van der Waals surface area contributed by atoms with Gasteiger partial charge in [0, 0.05) is 5.56 Å². The zero-order chi connectivity index (χ0) is 22.6. The minimum absolute atomic E-state index is 0.142. The quantitative estimate of drug-likeness (QED) is 0.412. The summed E-state index contributed by atoms with van der Waals surface area (Å²) in [6, 6.07) is 30.7. The Morgan fingerprint density at radius 1 is 0.812 bits per heavy atom. The van der Waals surface area contributed by atoms with Crippen molar-refractivity contribution in [3.63, 3.8) is 0 Å². The molecular formula is C27H29NO3Si. The molecule has 0 unspecified atom stereocenters. The number of aromatic nitrogens is 1. The second-order valence-corrected chi connectivity index (χ2v) is 13.2. The van der Waals surface area contributed by atoms with E-state index in [1.54, 1.807) is 0 Å². The van der Waals surface area contributed by atoms with Gasteiger partial charge in [0.2, 0.25) is 5.89 Å². The fraction of sp³-hybridized carbons (Fsp3) is 0.222. The fourth-order valence-electron chi connectivity index (χ4n) is 4.26. The van der Waals surface area contributed by atoms with Crippen molar-refractivity contribution in [2.24, 2.45) is 0 Å². The second-order valence-electron chi connectivity index (χ2n) is 8.86. The first kappa shape index (κ1) is 22.2. The van der Waals surface area contributed by atoms with Gasteiger partial charge in [0.25, 0.3) is 8.32 Å². The minimum Gasteiger partial charge on any atom is -0.438 e. The lowest BCUT2D eigenvalue weighted by molar-refractivity contribution is 0.239. The first-order valence-corrected chi connectivity index (χ1v) is 12.8. The molecule has 4 aromatic rings. The van der Waals surface area contributed by atoms with Gasteiger partial charge in [-0.15, -0.1) is 0 Å². The summed E-state index contributed by atoms with van der Waals surface area (Å²) in [5, 5.41) is 12.2. The van der Waals surface area contributed by atoms with Crippen LogP contribution in [0.5, 0.6) is 0 Å². The number of hydrogen-bond donors (Lipinski definition) is 1. The van der Waals surface area contributed by atoms with E-state index in [2.05, 4.69) is 74.3 Å². The molecule has 164 valence electrons. The van der Waals surface area contributed by atoms with Gasteiger partial charge in [0.05, 0.1) is 13.2 Å². The molecule has 0 saturated carbocycles. The Hall–Kier alpha value is -2.99. The van der Waals surface area contributed by atoms with Gasteiger partial charge < -0.3 is 13.9 Å². The van der Waals surface area contributed by atoms with E-state index in [-0.39, 0.29) is 18.3 Å². The summed E-state index contributed by atoms with van der Waals surface area (Å²) < 4.78 is 13.0. The average Bonchev–Trinajstić information content (AvgIpc) is 3.24.